The van der Waals surface area contributed by atoms with Crippen molar-refractivity contribution in [1.82, 2.24) is 34.1 Å². The summed E-state index contributed by atoms with van der Waals surface area (Å²) in [5.41, 5.74) is 4.28. The molecule has 0 atom stereocenters. The van der Waals surface area contributed by atoms with E-state index in [9.17, 15) is 4.39 Å². The Labute approximate surface area is 179 Å². The first-order chi connectivity index (χ1) is 15.0. The minimum Gasteiger partial charge on any atom is -0.383 e. The van der Waals surface area contributed by atoms with Gasteiger partial charge in [0.05, 0.1) is 24.2 Å². The summed E-state index contributed by atoms with van der Waals surface area (Å²) < 4.78 is 23.4. The van der Waals surface area contributed by atoms with Crippen molar-refractivity contribution in [3.63, 3.8) is 0 Å². The number of piperidine rings is 1. The molecule has 0 bridgehead atoms. The molecule has 0 aliphatic carbocycles. The molecule has 0 unspecified atom stereocenters. The fourth-order valence-corrected chi connectivity index (χ4v) is 4.30. The third-order valence-corrected chi connectivity index (χ3v) is 5.99. The lowest BCUT2D eigenvalue weighted by atomic mass is 9.96. The van der Waals surface area contributed by atoms with E-state index in [0.29, 0.717) is 17.1 Å². The molecule has 162 valence electrons. The molecular formula is C22H26FN7O. The van der Waals surface area contributed by atoms with Crippen LogP contribution in [0.5, 0.6) is 0 Å². The Balaban J connectivity index is 1.44. The zero-order valence-corrected chi connectivity index (χ0v) is 18.0. The Morgan fingerprint density at radius 1 is 1.03 bits per heavy atom. The highest BCUT2D eigenvalue weighted by molar-refractivity contribution is 5.64. The summed E-state index contributed by atoms with van der Waals surface area (Å²) in [6, 6.07) is 3.41. The molecule has 0 radical (unpaired) electrons. The van der Waals surface area contributed by atoms with Crippen molar-refractivity contribution in [2.75, 3.05) is 33.4 Å². The second-order valence-corrected chi connectivity index (χ2v) is 8.29. The molecule has 4 aromatic rings. The van der Waals surface area contributed by atoms with Crippen molar-refractivity contribution < 1.29 is 9.13 Å². The number of imidazole rings is 1. The quantitative estimate of drug-likeness (QED) is 0.491. The van der Waals surface area contributed by atoms with Gasteiger partial charge in [-0.25, -0.2) is 23.4 Å². The smallest absolute Gasteiger partial charge is 0.191 e. The van der Waals surface area contributed by atoms with Crippen LogP contribution in [-0.4, -0.2) is 67.4 Å². The summed E-state index contributed by atoms with van der Waals surface area (Å²) in [5, 5.41) is 9.25. The molecule has 0 aromatic carbocycles. The molecule has 1 aliphatic heterocycles. The average Bonchev–Trinajstić information content (AvgIpc) is 3.36. The van der Waals surface area contributed by atoms with Gasteiger partial charge in [-0.2, -0.15) is 10.2 Å². The van der Waals surface area contributed by atoms with Gasteiger partial charge in [0, 0.05) is 31.3 Å². The SMILES string of the molecule is COCCN1CCC(c2nc3c(F)cc(-c4cc(C)c5nc(C)cn5n4)cn3n2)CC1. The van der Waals surface area contributed by atoms with Gasteiger partial charge in [-0.05, 0) is 57.5 Å². The molecule has 9 heteroatoms. The lowest BCUT2D eigenvalue weighted by Gasteiger charge is -2.30. The van der Waals surface area contributed by atoms with E-state index in [1.807, 2.05) is 26.1 Å². The van der Waals surface area contributed by atoms with Gasteiger partial charge in [0.15, 0.2) is 22.9 Å². The van der Waals surface area contributed by atoms with Gasteiger partial charge < -0.3 is 9.64 Å². The molecule has 5 rings (SSSR count). The van der Waals surface area contributed by atoms with Crippen LogP contribution in [0.15, 0.2) is 24.5 Å². The standard InChI is InChI=1S/C22H26FN7O/c1-14-10-19(26-29-12-15(2)24-21(14)29)17-11-18(23)22-25-20(27-30(22)13-17)16-4-6-28(7-5-16)8-9-31-3/h10-13,16H,4-9H2,1-3H3. The van der Waals surface area contributed by atoms with Crippen LogP contribution >= 0.6 is 0 Å². The number of pyridine rings is 1. The summed E-state index contributed by atoms with van der Waals surface area (Å²) in [6.45, 7) is 7.54. The highest BCUT2D eigenvalue weighted by Gasteiger charge is 2.24. The van der Waals surface area contributed by atoms with Gasteiger partial charge in [-0.3, -0.25) is 0 Å². The molecule has 0 N–H and O–H groups in total. The van der Waals surface area contributed by atoms with Crippen LogP contribution in [0.2, 0.25) is 0 Å². The van der Waals surface area contributed by atoms with E-state index in [-0.39, 0.29) is 11.6 Å². The van der Waals surface area contributed by atoms with E-state index in [1.165, 1.54) is 6.07 Å². The third-order valence-electron chi connectivity index (χ3n) is 5.99. The van der Waals surface area contributed by atoms with E-state index < -0.39 is 5.82 Å². The zero-order chi connectivity index (χ0) is 21.5. The summed E-state index contributed by atoms with van der Waals surface area (Å²) >= 11 is 0. The first-order valence-electron chi connectivity index (χ1n) is 10.6. The van der Waals surface area contributed by atoms with Gasteiger partial charge in [-0.1, -0.05) is 0 Å². The predicted molar refractivity (Wildman–Crippen MR) is 115 cm³/mol. The molecular weight excluding hydrogens is 397 g/mol. The average molecular weight is 423 g/mol. The molecule has 0 amide bonds. The molecule has 1 aliphatic rings. The second-order valence-electron chi connectivity index (χ2n) is 8.29. The monoisotopic (exact) mass is 423 g/mol. The number of halogens is 1. The number of fused-ring (bicyclic) bond motifs is 2. The molecule has 31 heavy (non-hydrogen) atoms. The molecule has 4 aromatic heterocycles. The fourth-order valence-electron chi connectivity index (χ4n) is 4.30. The van der Waals surface area contributed by atoms with Crippen LogP contribution in [0.3, 0.4) is 0 Å². The summed E-state index contributed by atoms with van der Waals surface area (Å²) in [4.78, 5) is 11.4. The third kappa shape index (κ3) is 3.79. The number of likely N-dealkylation sites (tertiary alicyclic amines) is 1. The van der Waals surface area contributed by atoms with Crippen LogP contribution < -0.4 is 0 Å². The maximum Gasteiger partial charge on any atom is 0.191 e. The molecule has 0 saturated carbocycles. The Kier molecular flexibility index (Phi) is 5.15. The normalized spacial score (nSPS) is 16.0. The lowest BCUT2D eigenvalue weighted by molar-refractivity contribution is 0.129. The van der Waals surface area contributed by atoms with Crippen LogP contribution in [0, 0.1) is 19.7 Å². The van der Waals surface area contributed by atoms with Crippen LogP contribution in [0.4, 0.5) is 4.39 Å². The molecule has 5 heterocycles. The highest BCUT2D eigenvalue weighted by Crippen LogP contribution is 2.28. The van der Waals surface area contributed by atoms with Gasteiger partial charge in [0.1, 0.15) is 0 Å². The first-order valence-corrected chi connectivity index (χ1v) is 10.6. The van der Waals surface area contributed by atoms with E-state index in [1.54, 1.807) is 22.3 Å². The minimum atomic E-state index is -0.393. The van der Waals surface area contributed by atoms with Crippen molar-refractivity contribution >= 4 is 11.3 Å². The number of hydrogen-bond acceptors (Lipinski definition) is 6. The maximum atomic E-state index is 14.9. The number of ether oxygens (including phenoxy) is 1. The van der Waals surface area contributed by atoms with Crippen LogP contribution in [0.1, 0.15) is 35.8 Å². The second kappa shape index (κ2) is 7.97. The first kappa shape index (κ1) is 20.0. The summed E-state index contributed by atoms with van der Waals surface area (Å²) in [7, 11) is 1.72. The predicted octanol–water partition coefficient (Wildman–Crippen LogP) is 3.02. The Hall–Kier alpha value is -2.91. The Morgan fingerprint density at radius 2 is 1.81 bits per heavy atom. The van der Waals surface area contributed by atoms with Gasteiger partial charge in [0.25, 0.3) is 0 Å². The van der Waals surface area contributed by atoms with Gasteiger partial charge in [0.2, 0.25) is 0 Å². The topological polar surface area (TPSA) is 72.8 Å². The van der Waals surface area contributed by atoms with Gasteiger partial charge >= 0.3 is 0 Å². The number of nitrogens with zero attached hydrogens (tertiary/aromatic N) is 7. The maximum absolute atomic E-state index is 14.9. The minimum absolute atomic E-state index is 0.243. The van der Waals surface area contributed by atoms with E-state index in [4.69, 9.17) is 4.74 Å². The van der Waals surface area contributed by atoms with Crippen molar-refractivity contribution in [3.05, 3.63) is 47.4 Å². The van der Waals surface area contributed by atoms with Gasteiger partial charge in [-0.15, -0.1) is 0 Å². The number of aromatic nitrogens is 6. The largest absolute Gasteiger partial charge is 0.383 e. The summed E-state index contributed by atoms with van der Waals surface area (Å²) in [6.07, 6.45) is 5.60. The number of hydrogen-bond donors (Lipinski definition) is 0. The van der Waals surface area contributed by atoms with Crippen molar-refractivity contribution in [3.8, 4) is 11.3 Å². The lowest BCUT2D eigenvalue weighted by Crippen LogP contribution is -2.35. The number of methoxy groups -OCH3 is 1. The zero-order valence-electron chi connectivity index (χ0n) is 18.0. The van der Waals surface area contributed by atoms with Crippen LogP contribution in [-0.2, 0) is 4.74 Å². The van der Waals surface area contributed by atoms with Crippen molar-refractivity contribution in [2.24, 2.45) is 0 Å². The van der Waals surface area contributed by atoms with Crippen molar-refractivity contribution in [1.29, 1.82) is 0 Å². The molecule has 0 spiro atoms. The Morgan fingerprint density at radius 3 is 2.58 bits per heavy atom. The van der Waals surface area contributed by atoms with E-state index in [2.05, 4.69) is 25.1 Å². The molecule has 1 saturated heterocycles. The van der Waals surface area contributed by atoms with E-state index >= 15 is 0 Å². The fraction of sp³-hybridized carbons (Fsp3) is 0.455. The molecule has 8 nitrogen and oxygen atoms in total. The number of aryl methyl sites for hydroxylation is 2. The summed E-state index contributed by atoms with van der Waals surface area (Å²) in [5.74, 6) is 0.564. The molecule has 1 fully saturated rings. The highest BCUT2D eigenvalue weighted by atomic mass is 19.1. The van der Waals surface area contributed by atoms with Crippen LogP contribution in [0.25, 0.3) is 22.6 Å². The van der Waals surface area contributed by atoms with Crippen molar-refractivity contribution in [2.45, 2.75) is 32.6 Å². The Bertz CT molecular complexity index is 1240. The number of rotatable bonds is 5. The van der Waals surface area contributed by atoms with E-state index in [0.717, 1.165) is 56.0 Å².